The van der Waals surface area contributed by atoms with Gasteiger partial charge in [-0.25, -0.2) is 13.1 Å². The van der Waals surface area contributed by atoms with Gasteiger partial charge in [0.15, 0.2) is 0 Å². The number of piperazine rings is 1. The summed E-state index contributed by atoms with van der Waals surface area (Å²) in [5.74, 6) is 0. The summed E-state index contributed by atoms with van der Waals surface area (Å²) in [6.45, 7) is 0.838. The van der Waals surface area contributed by atoms with Gasteiger partial charge in [-0.15, -0.1) is 12.4 Å². The van der Waals surface area contributed by atoms with Crippen LogP contribution < -0.4 is 10.0 Å². The first-order valence-electron chi connectivity index (χ1n) is 5.16. The standard InChI is InChI=1S/C8H16F3N3O2S.ClH/c1-17(15,16)13-6-7(8(9,10)11)14-4-2-12-3-5-14;/h7,12-13H,2-6H2,1H3;1H. The molecule has 0 saturated carbocycles. The van der Waals surface area contributed by atoms with Gasteiger partial charge in [0.25, 0.3) is 0 Å². The van der Waals surface area contributed by atoms with Gasteiger partial charge in [-0.2, -0.15) is 13.2 Å². The largest absolute Gasteiger partial charge is 0.405 e. The van der Waals surface area contributed by atoms with Crippen molar-refractivity contribution in [3.63, 3.8) is 0 Å². The maximum atomic E-state index is 12.8. The van der Waals surface area contributed by atoms with Crippen LogP contribution in [0, 0.1) is 0 Å². The first-order valence-corrected chi connectivity index (χ1v) is 7.05. The Hall–Kier alpha value is -0.0900. The fourth-order valence-corrected chi connectivity index (χ4v) is 2.14. The number of rotatable bonds is 4. The molecule has 1 saturated heterocycles. The van der Waals surface area contributed by atoms with Crippen molar-refractivity contribution in [3.05, 3.63) is 0 Å². The Balaban J connectivity index is 0.00000289. The minimum absolute atomic E-state index is 0. The third-order valence-corrected chi connectivity index (χ3v) is 3.20. The van der Waals surface area contributed by atoms with E-state index in [0.29, 0.717) is 13.1 Å². The van der Waals surface area contributed by atoms with E-state index >= 15 is 0 Å². The van der Waals surface area contributed by atoms with Crippen molar-refractivity contribution in [2.45, 2.75) is 12.2 Å². The van der Waals surface area contributed by atoms with Crippen LogP contribution in [0.25, 0.3) is 0 Å². The molecule has 1 aliphatic rings. The van der Waals surface area contributed by atoms with Crippen molar-refractivity contribution in [3.8, 4) is 0 Å². The van der Waals surface area contributed by atoms with Gasteiger partial charge in [-0.1, -0.05) is 0 Å². The monoisotopic (exact) mass is 311 g/mol. The molecule has 1 atom stereocenters. The Bertz CT molecular complexity index is 344. The van der Waals surface area contributed by atoms with E-state index in [9.17, 15) is 21.6 Å². The molecule has 0 aliphatic carbocycles. The molecule has 0 aromatic rings. The summed E-state index contributed by atoms with van der Waals surface area (Å²) >= 11 is 0. The summed E-state index contributed by atoms with van der Waals surface area (Å²) in [6, 6.07) is -1.76. The molecule has 0 radical (unpaired) electrons. The fourth-order valence-electron chi connectivity index (χ4n) is 1.68. The van der Waals surface area contributed by atoms with Crippen molar-refractivity contribution < 1.29 is 21.6 Å². The van der Waals surface area contributed by atoms with Gasteiger partial charge in [0.1, 0.15) is 6.04 Å². The maximum Gasteiger partial charge on any atom is 0.405 e. The third kappa shape index (κ3) is 6.19. The fraction of sp³-hybridized carbons (Fsp3) is 1.00. The molecule has 5 nitrogen and oxygen atoms in total. The Morgan fingerprint density at radius 1 is 1.33 bits per heavy atom. The zero-order valence-corrected chi connectivity index (χ0v) is 11.5. The summed E-state index contributed by atoms with van der Waals surface area (Å²) in [6.07, 6.45) is -3.59. The Labute approximate surface area is 111 Å². The van der Waals surface area contributed by atoms with Gasteiger partial charge in [0.2, 0.25) is 10.0 Å². The average molecular weight is 312 g/mol. The molecular formula is C8H17ClF3N3O2S. The van der Waals surface area contributed by atoms with Crippen LogP contribution in [0.15, 0.2) is 0 Å². The topological polar surface area (TPSA) is 61.4 Å². The quantitative estimate of drug-likeness (QED) is 0.754. The molecule has 1 heterocycles. The van der Waals surface area contributed by atoms with Gasteiger partial charge < -0.3 is 5.32 Å². The zero-order chi connectivity index (χ0) is 13.1. The molecule has 0 spiro atoms. The highest BCUT2D eigenvalue weighted by atomic mass is 35.5. The smallest absolute Gasteiger partial charge is 0.314 e. The predicted molar refractivity (Wildman–Crippen MR) is 64.4 cm³/mol. The molecule has 0 aromatic carbocycles. The summed E-state index contributed by atoms with van der Waals surface area (Å²) in [5, 5.41) is 2.95. The molecule has 110 valence electrons. The zero-order valence-electron chi connectivity index (χ0n) is 9.83. The average Bonchev–Trinajstić information content (AvgIpc) is 2.15. The molecule has 0 bridgehead atoms. The molecule has 2 N–H and O–H groups in total. The molecular weight excluding hydrogens is 295 g/mol. The first kappa shape index (κ1) is 17.9. The second kappa shape index (κ2) is 6.90. The van der Waals surface area contributed by atoms with E-state index in [-0.39, 0.29) is 25.5 Å². The van der Waals surface area contributed by atoms with Crippen molar-refractivity contribution in [2.75, 3.05) is 39.0 Å². The molecule has 1 aliphatic heterocycles. The minimum atomic E-state index is -4.44. The lowest BCUT2D eigenvalue weighted by atomic mass is 10.2. The van der Waals surface area contributed by atoms with Crippen LogP contribution in [0.4, 0.5) is 13.2 Å². The number of nitrogens with zero attached hydrogens (tertiary/aromatic N) is 1. The summed E-state index contributed by atoms with van der Waals surface area (Å²) in [7, 11) is -3.61. The molecule has 18 heavy (non-hydrogen) atoms. The number of halogens is 4. The van der Waals surface area contributed by atoms with Crippen LogP contribution in [0.1, 0.15) is 0 Å². The number of sulfonamides is 1. The molecule has 0 amide bonds. The van der Waals surface area contributed by atoms with E-state index in [0.717, 1.165) is 6.26 Å². The predicted octanol–water partition coefficient (Wildman–Crippen LogP) is -0.207. The first-order chi connectivity index (χ1) is 7.70. The Kier molecular flexibility index (Phi) is 6.86. The second-order valence-corrected chi connectivity index (χ2v) is 5.80. The highest BCUT2D eigenvalue weighted by Crippen LogP contribution is 2.24. The number of hydrogen-bond donors (Lipinski definition) is 2. The number of alkyl halides is 3. The van der Waals surface area contributed by atoms with E-state index in [1.54, 1.807) is 0 Å². The maximum absolute atomic E-state index is 12.8. The van der Waals surface area contributed by atoms with Crippen molar-refractivity contribution >= 4 is 22.4 Å². The lowest BCUT2D eigenvalue weighted by Gasteiger charge is -2.35. The molecule has 1 fully saturated rings. The van der Waals surface area contributed by atoms with E-state index in [2.05, 4.69) is 5.32 Å². The molecule has 1 rings (SSSR count). The van der Waals surface area contributed by atoms with E-state index in [1.807, 2.05) is 4.72 Å². The lowest BCUT2D eigenvalue weighted by molar-refractivity contribution is -0.182. The van der Waals surface area contributed by atoms with Crippen molar-refractivity contribution in [1.29, 1.82) is 0 Å². The highest BCUT2D eigenvalue weighted by molar-refractivity contribution is 7.88. The molecule has 0 aromatic heterocycles. The van der Waals surface area contributed by atoms with Crippen LogP contribution in [0.2, 0.25) is 0 Å². The minimum Gasteiger partial charge on any atom is -0.314 e. The number of nitrogens with one attached hydrogen (secondary N) is 2. The SMILES string of the molecule is CS(=O)(=O)NCC(N1CCNCC1)C(F)(F)F.Cl. The van der Waals surface area contributed by atoms with Gasteiger partial charge in [-0.3, -0.25) is 4.90 Å². The van der Waals surface area contributed by atoms with Crippen LogP contribution in [-0.2, 0) is 10.0 Å². The van der Waals surface area contributed by atoms with E-state index < -0.39 is 28.8 Å². The summed E-state index contributed by atoms with van der Waals surface area (Å²) < 4.78 is 61.9. The van der Waals surface area contributed by atoms with Gasteiger partial charge in [0.05, 0.1) is 6.26 Å². The van der Waals surface area contributed by atoms with Crippen LogP contribution in [-0.4, -0.2) is 64.5 Å². The summed E-state index contributed by atoms with van der Waals surface area (Å²) in [4.78, 5) is 1.24. The van der Waals surface area contributed by atoms with Gasteiger partial charge in [0, 0.05) is 32.7 Å². The lowest BCUT2D eigenvalue weighted by Crippen LogP contribution is -2.57. The van der Waals surface area contributed by atoms with E-state index in [4.69, 9.17) is 0 Å². The second-order valence-electron chi connectivity index (χ2n) is 3.96. The summed E-state index contributed by atoms with van der Waals surface area (Å²) in [5.41, 5.74) is 0. The van der Waals surface area contributed by atoms with Crippen molar-refractivity contribution in [2.24, 2.45) is 0 Å². The normalized spacial score (nSPS) is 20.2. The van der Waals surface area contributed by atoms with E-state index in [1.165, 1.54) is 4.90 Å². The van der Waals surface area contributed by atoms with Gasteiger partial charge >= 0.3 is 6.18 Å². The van der Waals surface area contributed by atoms with Crippen LogP contribution in [0.5, 0.6) is 0 Å². The van der Waals surface area contributed by atoms with Crippen molar-refractivity contribution in [1.82, 2.24) is 14.9 Å². The Morgan fingerprint density at radius 3 is 2.22 bits per heavy atom. The Morgan fingerprint density at radius 2 is 1.83 bits per heavy atom. The van der Waals surface area contributed by atoms with Crippen LogP contribution >= 0.6 is 12.4 Å². The molecule has 10 heteroatoms. The number of hydrogen-bond acceptors (Lipinski definition) is 4. The molecule has 1 unspecified atom stereocenters. The van der Waals surface area contributed by atoms with Crippen LogP contribution in [0.3, 0.4) is 0 Å². The third-order valence-electron chi connectivity index (χ3n) is 2.51. The van der Waals surface area contributed by atoms with Gasteiger partial charge in [-0.05, 0) is 0 Å². The highest BCUT2D eigenvalue weighted by Gasteiger charge is 2.43.